The summed E-state index contributed by atoms with van der Waals surface area (Å²) in [5, 5.41) is 2.74. The molecular weight excluding hydrogens is 260 g/mol. The summed E-state index contributed by atoms with van der Waals surface area (Å²) in [5.41, 5.74) is 1.25. The Labute approximate surface area is 117 Å². The van der Waals surface area contributed by atoms with Gasteiger partial charge in [-0.3, -0.25) is 9.59 Å². The smallest absolute Gasteiger partial charge is 0.245 e. The maximum absolute atomic E-state index is 12.3. The number of amides is 2. The fourth-order valence-corrected chi connectivity index (χ4v) is 3.46. The summed E-state index contributed by atoms with van der Waals surface area (Å²) in [6.45, 7) is 8.36. The van der Waals surface area contributed by atoms with E-state index in [1.54, 1.807) is 23.2 Å². The first-order chi connectivity index (χ1) is 8.93. The van der Waals surface area contributed by atoms with Gasteiger partial charge in [0, 0.05) is 9.75 Å². The van der Waals surface area contributed by atoms with Crippen LogP contribution < -0.4 is 5.32 Å². The number of carbonyl (C=O) groups excluding carboxylic acids is 2. The quantitative estimate of drug-likeness (QED) is 0.920. The van der Waals surface area contributed by atoms with Crippen molar-refractivity contribution in [3.8, 4) is 0 Å². The maximum atomic E-state index is 12.3. The lowest BCUT2D eigenvalue weighted by Gasteiger charge is -2.37. The van der Waals surface area contributed by atoms with Crippen molar-refractivity contribution in [2.75, 3.05) is 0 Å². The molecule has 0 saturated carbocycles. The molecule has 1 aromatic rings. The summed E-state index contributed by atoms with van der Waals surface area (Å²) in [6, 6.07) is 1.35. The summed E-state index contributed by atoms with van der Waals surface area (Å²) in [5.74, 6) is -0.0326. The predicted octanol–water partition coefficient (Wildman–Crippen LogP) is 1.99. The second kappa shape index (κ2) is 5.33. The van der Waals surface area contributed by atoms with Gasteiger partial charge < -0.3 is 10.2 Å². The summed E-state index contributed by atoms with van der Waals surface area (Å²) < 4.78 is 0. The molecule has 4 nitrogen and oxygen atoms in total. The SMILES string of the molecule is CCC1C(=O)NC(C)C(=O)N1Cc1cc(C)c(C)s1. The lowest BCUT2D eigenvalue weighted by atomic mass is 10.1. The van der Waals surface area contributed by atoms with Crippen LogP contribution in [0.1, 0.15) is 35.6 Å². The van der Waals surface area contributed by atoms with Crippen molar-refractivity contribution < 1.29 is 9.59 Å². The average Bonchev–Trinajstić information content (AvgIpc) is 2.65. The number of hydrogen-bond acceptors (Lipinski definition) is 3. The van der Waals surface area contributed by atoms with Crippen molar-refractivity contribution in [2.45, 2.75) is 52.7 Å². The molecule has 1 aliphatic rings. The zero-order chi connectivity index (χ0) is 14.2. The number of aryl methyl sites for hydroxylation is 2. The van der Waals surface area contributed by atoms with Gasteiger partial charge in [-0.25, -0.2) is 0 Å². The van der Waals surface area contributed by atoms with E-state index in [2.05, 4.69) is 25.2 Å². The molecule has 1 fully saturated rings. The van der Waals surface area contributed by atoms with Crippen molar-refractivity contribution >= 4 is 23.2 Å². The van der Waals surface area contributed by atoms with Gasteiger partial charge in [0.2, 0.25) is 11.8 Å². The van der Waals surface area contributed by atoms with E-state index in [9.17, 15) is 9.59 Å². The second-order valence-electron chi connectivity index (χ2n) is 5.07. The molecule has 1 saturated heterocycles. The molecule has 5 heteroatoms. The minimum Gasteiger partial charge on any atom is -0.343 e. The van der Waals surface area contributed by atoms with E-state index in [4.69, 9.17) is 0 Å². The fraction of sp³-hybridized carbons (Fsp3) is 0.571. The second-order valence-corrected chi connectivity index (χ2v) is 6.41. The zero-order valence-corrected chi connectivity index (χ0v) is 12.6. The van der Waals surface area contributed by atoms with Gasteiger partial charge in [0.15, 0.2) is 0 Å². The van der Waals surface area contributed by atoms with Crippen molar-refractivity contribution in [1.82, 2.24) is 10.2 Å². The molecule has 2 rings (SSSR count). The van der Waals surface area contributed by atoms with E-state index < -0.39 is 6.04 Å². The van der Waals surface area contributed by atoms with Crippen molar-refractivity contribution in [1.29, 1.82) is 0 Å². The molecule has 104 valence electrons. The van der Waals surface area contributed by atoms with Crippen LogP contribution in [0.15, 0.2) is 6.07 Å². The standard InChI is InChI=1S/C14H20N2O2S/c1-5-12-13(17)15-9(3)14(18)16(12)7-11-6-8(2)10(4)19-11/h6,9,12H,5,7H2,1-4H3,(H,15,17). The van der Waals surface area contributed by atoms with E-state index in [0.29, 0.717) is 13.0 Å². The van der Waals surface area contributed by atoms with Crippen LogP contribution in [0.2, 0.25) is 0 Å². The molecule has 2 amide bonds. The molecule has 0 bridgehead atoms. The number of nitrogens with zero attached hydrogens (tertiary/aromatic N) is 1. The average molecular weight is 280 g/mol. The molecule has 0 radical (unpaired) electrons. The summed E-state index contributed by atoms with van der Waals surface area (Å²) in [6.07, 6.45) is 0.646. The van der Waals surface area contributed by atoms with Crippen LogP contribution >= 0.6 is 11.3 Å². The summed E-state index contributed by atoms with van der Waals surface area (Å²) >= 11 is 1.70. The van der Waals surface area contributed by atoms with E-state index in [1.807, 2.05) is 6.92 Å². The number of thiophene rings is 1. The number of rotatable bonds is 3. The Kier molecular flexibility index (Phi) is 3.94. The van der Waals surface area contributed by atoms with E-state index in [0.717, 1.165) is 4.88 Å². The molecular formula is C14H20N2O2S. The van der Waals surface area contributed by atoms with Crippen LogP contribution in [0.5, 0.6) is 0 Å². The van der Waals surface area contributed by atoms with Gasteiger partial charge in [0.05, 0.1) is 6.54 Å². The maximum Gasteiger partial charge on any atom is 0.245 e. The topological polar surface area (TPSA) is 49.4 Å². The Hall–Kier alpha value is -1.36. The summed E-state index contributed by atoms with van der Waals surface area (Å²) in [7, 11) is 0. The lowest BCUT2D eigenvalue weighted by Crippen LogP contribution is -2.61. The fourth-order valence-electron chi connectivity index (χ4n) is 2.40. The van der Waals surface area contributed by atoms with Crippen molar-refractivity contribution in [3.63, 3.8) is 0 Å². The van der Waals surface area contributed by atoms with Gasteiger partial charge in [0.25, 0.3) is 0 Å². The first kappa shape index (κ1) is 14.1. The molecule has 2 heterocycles. The van der Waals surface area contributed by atoms with Gasteiger partial charge in [-0.05, 0) is 38.8 Å². The van der Waals surface area contributed by atoms with Crippen LogP contribution in [0, 0.1) is 13.8 Å². The Morgan fingerprint density at radius 3 is 2.58 bits per heavy atom. The molecule has 1 aliphatic heterocycles. The van der Waals surface area contributed by atoms with Crippen molar-refractivity contribution in [3.05, 3.63) is 21.4 Å². The lowest BCUT2D eigenvalue weighted by molar-refractivity contribution is -0.149. The van der Waals surface area contributed by atoms with E-state index >= 15 is 0 Å². The van der Waals surface area contributed by atoms with Crippen LogP contribution in [0.4, 0.5) is 0 Å². The number of nitrogens with one attached hydrogen (secondary N) is 1. The van der Waals surface area contributed by atoms with Gasteiger partial charge in [-0.2, -0.15) is 0 Å². The third-order valence-corrected chi connectivity index (χ3v) is 4.76. The van der Waals surface area contributed by atoms with Crippen LogP contribution in [-0.2, 0) is 16.1 Å². The monoisotopic (exact) mass is 280 g/mol. The van der Waals surface area contributed by atoms with Gasteiger partial charge >= 0.3 is 0 Å². The third-order valence-electron chi connectivity index (χ3n) is 3.62. The number of carbonyl (C=O) groups is 2. The normalized spacial score (nSPS) is 23.7. The Morgan fingerprint density at radius 1 is 1.37 bits per heavy atom. The van der Waals surface area contributed by atoms with Crippen LogP contribution in [-0.4, -0.2) is 28.8 Å². The van der Waals surface area contributed by atoms with Crippen LogP contribution in [0.3, 0.4) is 0 Å². The molecule has 2 unspecified atom stereocenters. The molecule has 0 aliphatic carbocycles. The van der Waals surface area contributed by atoms with Gasteiger partial charge in [-0.1, -0.05) is 6.92 Å². The van der Waals surface area contributed by atoms with Crippen LogP contribution in [0.25, 0.3) is 0 Å². The molecule has 0 aromatic carbocycles. The predicted molar refractivity (Wildman–Crippen MR) is 76.0 cm³/mol. The molecule has 0 spiro atoms. The highest BCUT2D eigenvalue weighted by Gasteiger charge is 2.37. The summed E-state index contributed by atoms with van der Waals surface area (Å²) in [4.78, 5) is 28.3. The molecule has 1 N–H and O–H groups in total. The highest BCUT2D eigenvalue weighted by atomic mass is 32.1. The minimum atomic E-state index is -0.419. The van der Waals surface area contributed by atoms with E-state index in [-0.39, 0.29) is 17.9 Å². The Morgan fingerprint density at radius 2 is 2.05 bits per heavy atom. The number of piperazine rings is 1. The molecule has 1 aromatic heterocycles. The number of hydrogen-bond donors (Lipinski definition) is 1. The zero-order valence-electron chi connectivity index (χ0n) is 11.8. The highest BCUT2D eigenvalue weighted by molar-refractivity contribution is 7.12. The minimum absolute atomic E-state index is 0.00940. The first-order valence-electron chi connectivity index (χ1n) is 6.60. The van der Waals surface area contributed by atoms with Gasteiger partial charge in [0.1, 0.15) is 12.1 Å². The Balaban J connectivity index is 2.23. The third kappa shape index (κ3) is 2.66. The highest BCUT2D eigenvalue weighted by Crippen LogP contribution is 2.24. The largest absolute Gasteiger partial charge is 0.343 e. The molecule has 2 atom stereocenters. The Bertz CT molecular complexity index is 490. The molecule has 19 heavy (non-hydrogen) atoms. The van der Waals surface area contributed by atoms with E-state index in [1.165, 1.54) is 10.4 Å². The first-order valence-corrected chi connectivity index (χ1v) is 7.42. The van der Waals surface area contributed by atoms with Crippen molar-refractivity contribution in [2.24, 2.45) is 0 Å². The van der Waals surface area contributed by atoms with Gasteiger partial charge in [-0.15, -0.1) is 11.3 Å².